The third-order valence-corrected chi connectivity index (χ3v) is 2.76. The third-order valence-electron chi connectivity index (χ3n) is 2.76. The normalized spacial score (nSPS) is 11.3. The van der Waals surface area contributed by atoms with Crippen LogP contribution in [0.3, 0.4) is 0 Å². The van der Waals surface area contributed by atoms with Crippen molar-refractivity contribution in [1.29, 1.82) is 0 Å². The van der Waals surface area contributed by atoms with Gasteiger partial charge in [0.2, 0.25) is 5.91 Å². The Morgan fingerprint density at radius 1 is 1.16 bits per heavy atom. The molecule has 0 fully saturated rings. The summed E-state index contributed by atoms with van der Waals surface area (Å²) in [5.74, 6) is 2.12. The van der Waals surface area contributed by atoms with Crippen LogP contribution in [-0.4, -0.2) is 5.91 Å². The highest BCUT2D eigenvalue weighted by molar-refractivity contribution is 5.84. The van der Waals surface area contributed by atoms with E-state index >= 15 is 0 Å². The molecule has 2 aromatic carbocycles. The zero-order chi connectivity index (χ0) is 13.7. The topological polar surface area (TPSA) is 55.1 Å². The van der Waals surface area contributed by atoms with E-state index in [0.717, 1.165) is 16.8 Å². The largest absolute Gasteiger partial charge is 0.370 e. The van der Waals surface area contributed by atoms with E-state index in [1.54, 1.807) is 6.07 Å². The first-order chi connectivity index (χ1) is 9.20. The van der Waals surface area contributed by atoms with Crippen LogP contribution in [0.2, 0.25) is 0 Å². The number of benzene rings is 2. The fourth-order valence-electron chi connectivity index (χ4n) is 1.83. The Kier molecular flexibility index (Phi) is 3.84. The second kappa shape index (κ2) is 5.74. The summed E-state index contributed by atoms with van der Waals surface area (Å²) in [7, 11) is 0. The van der Waals surface area contributed by atoms with Gasteiger partial charge in [-0.3, -0.25) is 4.79 Å². The second-order valence-corrected chi connectivity index (χ2v) is 4.12. The Hall–Kier alpha value is -2.73. The van der Waals surface area contributed by atoms with Crippen molar-refractivity contribution in [2.24, 2.45) is 5.73 Å². The first-order valence-electron chi connectivity index (χ1n) is 5.88. The van der Waals surface area contributed by atoms with Gasteiger partial charge in [0.15, 0.2) is 0 Å². The number of hydrogen-bond acceptors (Lipinski definition) is 2. The zero-order valence-electron chi connectivity index (χ0n) is 10.3. The van der Waals surface area contributed by atoms with Gasteiger partial charge in [-0.15, -0.1) is 6.42 Å². The Morgan fingerprint density at radius 3 is 2.53 bits per heavy atom. The lowest BCUT2D eigenvalue weighted by Crippen LogP contribution is -2.27. The number of hydrogen-bond donors (Lipinski definition) is 2. The Labute approximate surface area is 112 Å². The van der Waals surface area contributed by atoms with Crippen LogP contribution in [0.4, 0.5) is 5.69 Å². The Bertz CT molecular complexity index is 614. The molecule has 1 atom stereocenters. The highest BCUT2D eigenvalue weighted by Crippen LogP contribution is 2.20. The molecule has 0 heterocycles. The molecule has 0 radical (unpaired) electrons. The van der Waals surface area contributed by atoms with Gasteiger partial charge in [0.1, 0.15) is 6.04 Å². The van der Waals surface area contributed by atoms with Gasteiger partial charge in [0.25, 0.3) is 0 Å². The van der Waals surface area contributed by atoms with Gasteiger partial charge < -0.3 is 11.1 Å². The number of nitrogens with one attached hydrogen (secondary N) is 1. The van der Waals surface area contributed by atoms with E-state index in [2.05, 4.69) is 11.2 Å². The molecule has 0 unspecified atom stereocenters. The van der Waals surface area contributed by atoms with Crippen LogP contribution >= 0.6 is 0 Å². The predicted molar refractivity (Wildman–Crippen MR) is 76.4 cm³/mol. The smallest absolute Gasteiger partial charge is 0.244 e. The quantitative estimate of drug-likeness (QED) is 0.818. The molecule has 0 aromatic heterocycles. The van der Waals surface area contributed by atoms with Crippen molar-refractivity contribution < 1.29 is 4.79 Å². The van der Waals surface area contributed by atoms with Gasteiger partial charge in [-0.25, -0.2) is 0 Å². The van der Waals surface area contributed by atoms with Gasteiger partial charge in [0, 0.05) is 11.3 Å². The lowest BCUT2D eigenvalue weighted by atomic mass is 10.1. The molecule has 3 N–H and O–H groups in total. The molecule has 2 aromatic rings. The van der Waals surface area contributed by atoms with E-state index in [9.17, 15) is 4.79 Å². The van der Waals surface area contributed by atoms with E-state index in [0.29, 0.717) is 0 Å². The maximum absolute atomic E-state index is 11.6. The maximum Gasteiger partial charge on any atom is 0.244 e. The molecule has 2 rings (SSSR count). The summed E-state index contributed by atoms with van der Waals surface area (Å²) in [6.07, 6.45) is 5.35. The molecule has 0 aliphatic heterocycles. The van der Waals surface area contributed by atoms with Gasteiger partial charge in [-0.05, 0) is 23.8 Å². The SMILES string of the molecule is C#Cc1cccc(N[C@H](C(N)=O)c2ccccc2)c1. The van der Waals surface area contributed by atoms with Crippen molar-refractivity contribution in [3.63, 3.8) is 0 Å². The van der Waals surface area contributed by atoms with Crippen molar-refractivity contribution >= 4 is 11.6 Å². The van der Waals surface area contributed by atoms with E-state index < -0.39 is 11.9 Å². The van der Waals surface area contributed by atoms with Crippen LogP contribution < -0.4 is 11.1 Å². The molecule has 0 saturated carbocycles. The van der Waals surface area contributed by atoms with Gasteiger partial charge in [-0.2, -0.15) is 0 Å². The van der Waals surface area contributed by atoms with E-state index in [1.165, 1.54) is 0 Å². The minimum absolute atomic E-state index is 0.433. The average molecular weight is 250 g/mol. The molecule has 3 heteroatoms. The third kappa shape index (κ3) is 3.14. The summed E-state index contributed by atoms with van der Waals surface area (Å²) in [5, 5.41) is 3.10. The summed E-state index contributed by atoms with van der Waals surface area (Å²) in [4.78, 5) is 11.6. The van der Waals surface area contributed by atoms with Crippen LogP contribution in [0.15, 0.2) is 54.6 Å². The van der Waals surface area contributed by atoms with Crippen LogP contribution in [0.5, 0.6) is 0 Å². The molecule has 0 bridgehead atoms. The van der Waals surface area contributed by atoms with Gasteiger partial charge in [-0.1, -0.05) is 42.3 Å². The fourth-order valence-corrected chi connectivity index (χ4v) is 1.83. The minimum atomic E-state index is -0.575. The number of nitrogens with two attached hydrogens (primary N) is 1. The fraction of sp³-hybridized carbons (Fsp3) is 0.0625. The van der Waals surface area contributed by atoms with E-state index in [1.807, 2.05) is 48.5 Å². The molecule has 0 saturated heterocycles. The molecule has 3 nitrogen and oxygen atoms in total. The molecule has 94 valence electrons. The Morgan fingerprint density at radius 2 is 1.89 bits per heavy atom. The first kappa shape index (κ1) is 12.7. The second-order valence-electron chi connectivity index (χ2n) is 4.12. The van der Waals surface area contributed by atoms with Crippen LogP contribution in [0.25, 0.3) is 0 Å². The van der Waals surface area contributed by atoms with Crippen molar-refractivity contribution in [2.45, 2.75) is 6.04 Å². The van der Waals surface area contributed by atoms with Crippen molar-refractivity contribution in [3.05, 3.63) is 65.7 Å². The summed E-state index contributed by atoms with van der Waals surface area (Å²) < 4.78 is 0. The number of anilines is 1. The van der Waals surface area contributed by atoms with Crippen LogP contribution in [0, 0.1) is 12.3 Å². The van der Waals surface area contributed by atoms with Crippen molar-refractivity contribution in [2.75, 3.05) is 5.32 Å². The molecule has 1 amide bonds. The number of rotatable bonds is 4. The minimum Gasteiger partial charge on any atom is -0.370 e. The maximum atomic E-state index is 11.6. The Balaban J connectivity index is 2.27. The van der Waals surface area contributed by atoms with Crippen molar-refractivity contribution in [3.8, 4) is 12.3 Å². The molecule has 0 spiro atoms. The number of terminal acetylenes is 1. The molecular weight excluding hydrogens is 236 g/mol. The summed E-state index contributed by atoms with van der Waals surface area (Å²) in [6.45, 7) is 0. The lowest BCUT2D eigenvalue weighted by Gasteiger charge is -2.17. The van der Waals surface area contributed by atoms with E-state index in [-0.39, 0.29) is 0 Å². The number of primary amides is 1. The zero-order valence-corrected chi connectivity index (χ0v) is 10.3. The molecule has 0 aliphatic carbocycles. The van der Waals surface area contributed by atoms with Gasteiger partial charge in [0.05, 0.1) is 0 Å². The summed E-state index contributed by atoms with van der Waals surface area (Å²) in [5.41, 5.74) is 7.78. The molecule has 0 aliphatic rings. The molecular formula is C16H14N2O. The van der Waals surface area contributed by atoms with E-state index in [4.69, 9.17) is 12.2 Å². The predicted octanol–water partition coefficient (Wildman–Crippen LogP) is 2.31. The number of carbonyl (C=O) groups excluding carboxylic acids is 1. The average Bonchev–Trinajstić information content (AvgIpc) is 2.45. The standard InChI is InChI=1S/C16H14N2O/c1-2-12-7-6-10-14(11-12)18-15(16(17)19)13-8-4-3-5-9-13/h1,3-11,15,18H,(H2,17,19)/t15-/m0/s1. The lowest BCUT2D eigenvalue weighted by molar-refractivity contribution is -0.118. The number of carbonyl (C=O) groups is 1. The van der Waals surface area contributed by atoms with Crippen LogP contribution in [0.1, 0.15) is 17.2 Å². The van der Waals surface area contributed by atoms with Crippen molar-refractivity contribution in [1.82, 2.24) is 0 Å². The van der Waals surface area contributed by atoms with Gasteiger partial charge >= 0.3 is 0 Å². The first-order valence-corrected chi connectivity index (χ1v) is 5.88. The summed E-state index contributed by atoms with van der Waals surface area (Å²) in [6, 6.07) is 16.1. The summed E-state index contributed by atoms with van der Waals surface area (Å²) >= 11 is 0. The monoisotopic (exact) mass is 250 g/mol. The number of amides is 1. The highest BCUT2D eigenvalue weighted by Gasteiger charge is 2.16. The van der Waals surface area contributed by atoms with Crippen LogP contribution in [-0.2, 0) is 4.79 Å². The highest BCUT2D eigenvalue weighted by atomic mass is 16.1. The molecule has 19 heavy (non-hydrogen) atoms.